The van der Waals surface area contributed by atoms with Crippen molar-refractivity contribution < 1.29 is 0 Å². The molecule has 1 unspecified atom stereocenters. The largest absolute Gasteiger partial charge is 0.329 e. The number of nitrogens with zero attached hydrogens (tertiary/aromatic N) is 1. The normalized spacial score (nSPS) is 14.8. The summed E-state index contributed by atoms with van der Waals surface area (Å²) in [4.78, 5) is 3.68. The number of thiophene rings is 1. The molecule has 0 aliphatic heterocycles. The number of likely N-dealkylation sites (N-methyl/N-ethyl adjacent to an activating group) is 1. The molecule has 0 aromatic carbocycles. The second kappa shape index (κ2) is 8.25. The number of hydrogen-bond acceptors (Lipinski definition) is 3. The summed E-state index contributed by atoms with van der Waals surface area (Å²) in [5.41, 5.74) is 6.10. The zero-order valence-electron chi connectivity index (χ0n) is 12.4. The highest BCUT2D eigenvalue weighted by Gasteiger charge is 2.27. The lowest BCUT2D eigenvalue weighted by Crippen LogP contribution is -2.49. The van der Waals surface area contributed by atoms with E-state index in [1.165, 1.54) is 37.0 Å². The zero-order valence-corrected chi connectivity index (χ0v) is 14.0. The summed E-state index contributed by atoms with van der Waals surface area (Å²) in [6, 6.07) is 4.08. The van der Waals surface area contributed by atoms with Gasteiger partial charge < -0.3 is 5.73 Å². The standard InChI is InChI=1S/C15H27ClN2S/c1-4-5-6-7-10-15(2,12-17)18(3)11-13-8-9-14(16)19-13/h8-9H,4-7,10-12,17H2,1-3H3. The molecule has 19 heavy (non-hydrogen) atoms. The van der Waals surface area contributed by atoms with Gasteiger partial charge in [-0.1, -0.05) is 44.2 Å². The van der Waals surface area contributed by atoms with Crippen LogP contribution in [0.15, 0.2) is 12.1 Å². The molecule has 0 spiro atoms. The average Bonchev–Trinajstić information content (AvgIpc) is 2.79. The van der Waals surface area contributed by atoms with Crippen LogP contribution in [0.25, 0.3) is 0 Å². The quantitative estimate of drug-likeness (QED) is 0.680. The first-order chi connectivity index (χ1) is 9.01. The Hall–Kier alpha value is -0.0900. The molecular weight excluding hydrogens is 276 g/mol. The molecule has 1 aromatic heterocycles. The molecule has 2 N–H and O–H groups in total. The van der Waals surface area contributed by atoms with E-state index in [2.05, 4.69) is 31.9 Å². The molecule has 0 radical (unpaired) electrons. The first-order valence-corrected chi connectivity index (χ1v) is 8.37. The number of hydrogen-bond donors (Lipinski definition) is 1. The van der Waals surface area contributed by atoms with E-state index in [1.54, 1.807) is 11.3 Å². The molecule has 1 aromatic rings. The number of unbranched alkanes of at least 4 members (excludes halogenated alkanes) is 3. The molecule has 1 rings (SSSR count). The summed E-state index contributed by atoms with van der Waals surface area (Å²) in [6.07, 6.45) is 6.34. The van der Waals surface area contributed by atoms with Gasteiger partial charge in [-0.15, -0.1) is 11.3 Å². The van der Waals surface area contributed by atoms with Crippen molar-refractivity contribution in [1.29, 1.82) is 0 Å². The van der Waals surface area contributed by atoms with Crippen LogP contribution in [0, 0.1) is 0 Å². The molecule has 0 fully saturated rings. The van der Waals surface area contributed by atoms with E-state index in [0.717, 1.165) is 10.9 Å². The van der Waals surface area contributed by atoms with Gasteiger partial charge >= 0.3 is 0 Å². The van der Waals surface area contributed by atoms with E-state index in [4.69, 9.17) is 17.3 Å². The molecule has 1 heterocycles. The molecule has 0 aliphatic carbocycles. The van der Waals surface area contributed by atoms with Crippen molar-refractivity contribution in [3.63, 3.8) is 0 Å². The van der Waals surface area contributed by atoms with Crippen molar-refractivity contribution in [2.75, 3.05) is 13.6 Å². The van der Waals surface area contributed by atoms with Crippen molar-refractivity contribution in [3.05, 3.63) is 21.3 Å². The Morgan fingerprint density at radius 1 is 1.32 bits per heavy atom. The highest BCUT2D eigenvalue weighted by atomic mass is 35.5. The van der Waals surface area contributed by atoms with Gasteiger partial charge in [0.05, 0.1) is 4.34 Å². The Morgan fingerprint density at radius 2 is 2.05 bits per heavy atom. The van der Waals surface area contributed by atoms with Crippen LogP contribution in [-0.2, 0) is 6.54 Å². The maximum absolute atomic E-state index is 6.02. The van der Waals surface area contributed by atoms with Crippen LogP contribution in [0.1, 0.15) is 50.8 Å². The molecular formula is C15H27ClN2S. The minimum absolute atomic E-state index is 0.0875. The lowest BCUT2D eigenvalue weighted by molar-refractivity contribution is 0.124. The van der Waals surface area contributed by atoms with E-state index in [0.29, 0.717) is 6.54 Å². The predicted octanol–water partition coefficient (Wildman–Crippen LogP) is 4.52. The average molecular weight is 303 g/mol. The predicted molar refractivity (Wildman–Crippen MR) is 87.0 cm³/mol. The SMILES string of the molecule is CCCCCCC(C)(CN)N(C)Cc1ccc(Cl)s1. The van der Waals surface area contributed by atoms with Crippen LogP contribution in [0.3, 0.4) is 0 Å². The van der Waals surface area contributed by atoms with E-state index in [9.17, 15) is 0 Å². The van der Waals surface area contributed by atoms with Crippen LogP contribution in [0.4, 0.5) is 0 Å². The lowest BCUT2D eigenvalue weighted by atomic mass is 9.92. The van der Waals surface area contributed by atoms with E-state index in [-0.39, 0.29) is 5.54 Å². The fourth-order valence-electron chi connectivity index (χ4n) is 2.24. The first kappa shape index (κ1) is 17.0. The van der Waals surface area contributed by atoms with Crippen molar-refractivity contribution >= 4 is 22.9 Å². The molecule has 0 bridgehead atoms. The van der Waals surface area contributed by atoms with Crippen LogP contribution in [-0.4, -0.2) is 24.0 Å². The smallest absolute Gasteiger partial charge is 0.0931 e. The van der Waals surface area contributed by atoms with Crippen molar-refractivity contribution in [2.45, 2.75) is 58.0 Å². The molecule has 0 saturated heterocycles. The molecule has 2 nitrogen and oxygen atoms in total. The second-order valence-corrected chi connectivity index (χ2v) is 7.37. The highest BCUT2D eigenvalue weighted by molar-refractivity contribution is 7.16. The molecule has 1 atom stereocenters. The number of rotatable bonds is 9. The van der Waals surface area contributed by atoms with Gasteiger partial charge in [0, 0.05) is 23.5 Å². The third-order valence-electron chi connectivity index (χ3n) is 3.95. The summed E-state index contributed by atoms with van der Waals surface area (Å²) in [5, 5.41) is 0. The Labute approximate surface area is 126 Å². The lowest BCUT2D eigenvalue weighted by Gasteiger charge is -2.38. The summed E-state index contributed by atoms with van der Waals surface area (Å²) >= 11 is 7.64. The molecule has 110 valence electrons. The van der Waals surface area contributed by atoms with Gasteiger partial charge in [0.25, 0.3) is 0 Å². The van der Waals surface area contributed by atoms with Gasteiger partial charge in [-0.25, -0.2) is 0 Å². The highest BCUT2D eigenvalue weighted by Crippen LogP contribution is 2.27. The van der Waals surface area contributed by atoms with Gasteiger partial charge in [0.2, 0.25) is 0 Å². The fourth-order valence-corrected chi connectivity index (χ4v) is 3.38. The van der Waals surface area contributed by atoms with Gasteiger partial charge in [0.1, 0.15) is 0 Å². The third kappa shape index (κ3) is 5.42. The summed E-state index contributed by atoms with van der Waals surface area (Å²) in [6.45, 7) is 6.15. The van der Waals surface area contributed by atoms with Crippen LogP contribution < -0.4 is 5.73 Å². The third-order valence-corrected chi connectivity index (χ3v) is 5.17. The maximum Gasteiger partial charge on any atom is 0.0931 e. The topological polar surface area (TPSA) is 29.3 Å². The molecule has 0 saturated carbocycles. The Morgan fingerprint density at radius 3 is 2.58 bits per heavy atom. The van der Waals surface area contributed by atoms with Gasteiger partial charge in [-0.2, -0.15) is 0 Å². The maximum atomic E-state index is 6.02. The number of halogens is 1. The van der Waals surface area contributed by atoms with E-state index < -0.39 is 0 Å². The molecule has 0 amide bonds. The zero-order chi connectivity index (χ0) is 14.3. The Bertz CT molecular complexity index is 367. The second-order valence-electron chi connectivity index (χ2n) is 5.57. The first-order valence-electron chi connectivity index (χ1n) is 7.17. The van der Waals surface area contributed by atoms with Crippen molar-refractivity contribution in [1.82, 2.24) is 4.90 Å². The van der Waals surface area contributed by atoms with E-state index >= 15 is 0 Å². The van der Waals surface area contributed by atoms with E-state index in [1.807, 2.05) is 6.07 Å². The fraction of sp³-hybridized carbons (Fsp3) is 0.733. The summed E-state index contributed by atoms with van der Waals surface area (Å²) < 4.78 is 0.862. The Kier molecular flexibility index (Phi) is 7.37. The monoisotopic (exact) mass is 302 g/mol. The minimum atomic E-state index is 0.0875. The van der Waals surface area contributed by atoms with Crippen LogP contribution >= 0.6 is 22.9 Å². The Balaban J connectivity index is 2.51. The van der Waals surface area contributed by atoms with Crippen molar-refractivity contribution in [2.24, 2.45) is 5.73 Å². The summed E-state index contributed by atoms with van der Waals surface area (Å²) in [7, 11) is 2.17. The van der Waals surface area contributed by atoms with Gasteiger partial charge in [0.15, 0.2) is 0 Å². The molecule has 0 aliphatic rings. The van der Waals surface area contributed by atoms with Crippen LogP contribution in [0.2, 0.25) is 4.34 Å². The van der Waals surface area contributed by atoms with Crippen molar-refractivity contribution in [3.8, 4) is 0 Å². The number of nitrogens with two attached hydrogens (primary N) is 1. The van der Waals surface area contributed by atoms with Gasteiger partial charge in [-0.3, -0.25) is 4.90 Å². The van der Waals surface area contributed by atoms with Crippen LogP contribution in [0.5, 0.6) is 0 Å². The molecule has 4 heteroatoms. The minimum Gasteiger partial charge on any atom is -0.329 e. The van der Waals surface area contributed by atoms with Gasteiger partial charge in [-0.05, 0) is 32.5 Å². The summed E-state index contributed by atoms with van der Waals surface area (Å²) in [5.74, 6) is 0.